The number of hydrogen-bond donors (Lipinski definition) is 1. The zero-order chi connectivity index (χ0) is 22.7. The normalized spacial score (nSPS) is 12.1. The van der Waals surface area contributed by atoms with Gasteiger partial charge in [-0.3, -0.25) is 14.2 Å². The average molecular weight is 448 g/mol. The monoisotopic (exact) mass is 447 g/mol. The Kier molecular flexibility index (Phi) is 6.46. The Morgan fingerprint density at radius 3 is 2.53 bits per heavy atom. The highest BCUT2D eigenvalue weighted by molar-refractivity contribution is 7.99. The fourth-order valence-corrected chi connectivity index (χ4v) is 4.67. The van der Waals surface area contributed by atoms with Gasteiger partial charge in [0.25, 0.3) is 5.56 Å². The zero-order valence-corrected chi connectivity index (χ0v) is 19.1. The van der Waals surface area contributed by atoms with Gasteiger partial charge in [0, 0.05) is 12.1 Å². The molecular formula is C25H25N3O3S. The molecule has 1 unspecified atom stereocenters. The molecule has 164 valence electrons. The maximum absolute atomic E-state index is 13.1. The van der Waals surface area contributed by atoms with E-state index in [-0.39, 0.29) is 23.3 Å². The van der Waals surface area contributed by atoms with E-state index in [0.717, 1.165) is 22.1 Å². The Bertz CT molecular complexity index is 1350. The summed E-state index contributed by atoms with van der Waals surface area (Å²) in [6.07, 6.45) is 0. The number of methoxy groups -OCH3 is 1. The highest BCUT2D eigenvalue weighted by Gasteiger charge is 2.16. The van der Waals surface area contributed by atoms with E-state index in [4.69, 9.17) is 9.72 Å². The van der Waals surface area contributed by atoms with E-state index < -0.39 is 0 Å². The number of para-hydroxylation sites is 1. The van der Waals surface area contributed by atoms with Gasteiger partial charge in [0.15, 0.2) is 5.16 Å². The number of carbonyl (C=O) groups excluding carboxylic acids is 1. The highest BCUT2D eigenvalue weighted by atomic mass is 32.2. The molecule has 4 rings (SSSR count). The number of carbonyl (C=O) groups is 1. The van der Waals surface area contributed by atoms with Crippen molar-refractivity contribution in [2.45, 2.75) is 31.6 Å². The predicted molar refractivity (Wildman–Crippen MR) is 129 cm³/mol. The standard InChI is InChI=1S/C25H25N3O3S/c1-4-28-24(30)20-13-17-9-5-6-10-18(17)14-21(20)27-25(28)32-15-23(29)26-16(2)19-11-7-8-12-22(19)31-3/h5-14,16H,4,15H2,1-3H3,(H,26,29). The van der Waals surface area contributed by atoms with Crippen molar-refractivity contribution in [3.63, 3.8) is 0 Å². The van der Waals surface area contributed by atoms with Crippen LogP contribution in [0.1, 0.15) is 25.5 Å². The number of fused-ring (bicyclic) bond motifs is 2. The maximum atomic E-state index is 13.1. The van der Waals surface area contributed by atoms with Crippen LogP contribution in [-0.2, 0) is 11.3 Å². The molecule has 0 fully saturated rings. The molecule has 0 spiro atoms. The van der Waals surface area contributed by atoms with Crippen molar-refractivity contribution in [1.82, 2.24) is 14.9 Å². The topological polar surface area (TPSA) is 73.2 Å². The van der Waals surface area contributed by atoms with Crippen molar-refractivity contribution < 1.29 is 9.53 Å². The molecule has 0 saturated carbocycles. The Labute approximate surface area is 190 Å². The zero-order valence-electron chi connectivity index (χ0n) is 18.3. The number of nitrogens with one attached hydrogen (secondary N) is 1. The SMILES string of the molecule is CCn1c(SCC(=O)NC(C)c2ccccc2OC)nc2cc3ccccc3cc2c1=O. The first-order valence-corrected chi connectivity index (χ1v) is 11.5. The van der Waals surface area contributed by atoms with Crippen LogP contribution in [0.2, 0.25) is 0 Å². The van der Waals surface area contributed by atoms with Crippen LogP contribution in [0.5, 0.6) is 5.75 Å². The van der Waals surface area contributed by atoms with Crippen molar-refractivity contribution in [2.75, 3.05) is 12.9 Å². The molecule has 0 aliphatic heterocycles. The predicted octanol–water partition coefficient (Wildman–Crippen LogP) is 4.55. The Hall–Kier alpha value is -3.32. The van der Waals surface area contributed by atoms with Gasteiger partial charge in [0.2, 0.25) is 5.91 Å². The fraction of sp³-hybridized carbons (Fsp3) is 0.240. The van der Waals surface area contributed by atoms with Gasteiger partial charge < -0.3 is 10.1 Å². The molecule has 6 nitrogen and oxygen atoms in total. The third-order valence-corrected chi connectivity index (χ3v) is 6.39. The quantitative estimate of drug-likeness (QED) is 0.256. The summed E-state index contributed by atoms with van der Waals surface area (Å²) < 4.78 is 7.01. The molecule has 1 heterocycles. The lowest BCUT2D eigenvalue weighted by Gasteiger charge is -2.17. The molecule has 1 aromatic heterocycles. The Balaban J connectivity index is 1.56. The summed E-state index contributed by atoms with van der Waals surface area (Å²) in [5.41, 5.74) is 1.46. The van der Waals surface area contributed by atoms with Gasteiger partial charge in [-0.2, -0.15) is 0 Å². The summed E-state index contributed by atoms with van der Waals surface area (Å²) in [6, 6.07) is 19.1. The van der Waals surface area contributed by atoms with Gasteiger partial charge in [0.1, 0.15) is 5.75 Å². The van der Waals surface area contributed by atoms with Crippen molar-refractivity contribution in [1.29, 1.82) is 0 Å². The first kappa shape index (κ1) is 21.9. The molecule has 0 bridgehead atoms. The molecular weight excluding hydrogens is 422 g/mol. The van der Waals surface area contributed by atoms with Crippen molar-refractivity contribution in [2.24, 2.45) is 0 Å². The third-order valence-electron chi connectivity index (χ3n) is 5.42. The lowest BCUT2D eigenvalue weighted by atomic mass is 10.1. The minimum Gasteiger partial charge on any atom is -0.496 e. The number of hydrogen-bond acceptors (Lipinski definition) is 5. The minimum atomic E-state index is -0.205. The molecule has 0 aliphatic rings. The first-order valence-electron chi connectivity index (χ1n) is 10.5. The number of amides is 1. The minimum absolute atomic E-state index is 0.0893. The average Bonchev–Trinajstić information content (AvgIpc) is 2.81. The highest BCUT2D eigenvalue weighted by Crippen LogP contribution is 2.25. The van der Waals surface area contributed by atoms with Crippen molar-refractivity contribution >= 4 is 39.3 Å². The summed E-state index contributed by atoms with van der Waals surface area (Å²) in [5.74, 6) is 0.755. The first-order chi connectivity index (χ1) is 15.5. The molecule has 1 N–H and O–H groups in total. The van der Waals surface area contributed by atoms with E-state index >= 15 is 0 Å². The second kappa shape index (κ2) is 9.44. The fourth-order valence-electron chi connectivity index (χ4n) is 3.79. The van der Waals surface area contributed by atoms with E-state index in [2.05, 4.69) is 5.32 Å². The summed E-state index contributed by atoms with van der Waals surface area (Å²) in [4.78, 5) is 30.5. The molecule has 0 radical (unpaired) electrons. The van der Waals surface area contributed by atoms with Crippen LogP contribution in [0, 0.1) is 0 Å². The molecule has 1 amide bonds. The van der Waals surface area contributed by atoms with Gasteiger partial charge in [0.05, 0.1) is 29.8 Å². The van der Waals surface area contributed by atoms with E-state index in [1.807, 2.05) is 74.5 Å². The third kappa shape index (κ3) is 4.34. The largest absolute Gasteiger partial charge is 0.496 e. The van der Waals surface area contributed by atoms with Gasteiger partial charge in [-0.05, 0) is 42.8 Å². The van der Waals surface area contributed by atoms with Gasteiger partial charge in [-0.15, -0.1) is 0 Å². The van der Waals surface area contributed by atoms with Crippen LogP contribution in [0.15, 0.2) is 70.6 Å². The number of aromatic nitrogens is 2. The Morgan fingerprint density at radius 1 is 1.12 bits per heavy atom. The van der Waals surface area contributed by atoms with Gasteiger partial charge in [-0.1, -0.05) is 54.2 Å². The lowest BCUT2D eigenvalue weighted by molar-refractivity contribution is -0.119. The maximum Gasteiger partial charge on any atom is 0.262 e. The number of benzene rings is 3. The molecule has 3 aromatic carbocycles. The molecule has 0 aliphatic carbocycles. The molecule has 1 atom stereocenters. The van der Waals surface area contributed by atoms with Crippen LogP contribution in [0.3, 0.4) is 0 Å². The van der Waals surface area contributed by atoms with Crippen LogP contribution in [-0.4, -0.2) is 28.3 Å². The second-order valence-electron chi connectivity index (χ2n) is 7.48. The van der Waals surface area contributed by atoms with E-state index in [1.54, 1.807) is 11.7 Å². The van der Waals surface area contributed by atoms with Crippen LogP contribution in [0.25, 0.3) is 21.7 Å². The van der Waals surface area contributed by atoms with E-state index in [9.17, 15) is 9.59 Å². The lowest BCUT2D eigenvalue weighted by Crippen LogP contribution is -2.29. The van der Waals surface area contributed by atoms with Crippen LogP contribution >= 0.6 is 11.8 Å². The number of nitrogens with zero attached hydrogens (tertiary/aromatic N) is 2. The van der Waals surface area contributed by atoms with Crippen LogP contribution in [0.4, 0.5) is 0 Å². The number of ether oxygens (including phenoxy) is 1. The summed E-state index contributed by atoms with van der Waals surface area (Å²) in [7, 11) is 1.61. The smallest absolute Gasteiger partial charge is 0.262 e. The molecule has 0 saturated heterocycles. The van der Waals surface area contributed by atoms with E-state index in [0.29, 0.717) is 22.6 Å². The second-order valence-corrected chi connectivity index (χ2v) is 8.42. The molecule has 4 aromatic rings. The van der Waals surface area contributed by atoms with Crippen LogP contribution < -0.4 is 15.6 Å². The van der Waals surface area contributed by atoms with E-state index in [1.165, 1.54) is 11.8 Å². The molecule has 32 heavy (non-hydrogen) atoms. The van der Waals surface area contributed by atoms with Crippen molar-refractivity contribution in [3.8, 4) is 5.75 Å². The molecule has 7 heteroatoms. The van der Waals surface area contributed by atoms with Crippen molar-refractivity contribution in [3.05, 3.63) is 76.6 Å². The number of rotatable bonds is 7. The Morgan fingerprint density at radius 2 is 1.81 bits per heavy atom. The van der Waals surface area contributed by atoms with Gasteiger partial charge >= 0.3 is 0 Å². The van der Waals surface area contributed by atoms with Gasteiger partial charge in [-0.25, -0.2) is 4.98 Å². The summed E-state index contributed by atoms with van der Waals surface area (Å²) in [6.45, 7) is 4.31. The number of thioether (sulfide) groups is 1. The summed E-state index contributed by atoms with van der Waals surface area (Å²) >= 11 is 1.27. The summed E-state index contributed by atoms with van der Waals surface area (Å²) in [5, 5.41) is 6.16.